The number of nitrogens with two attached hydrogens (primary N) is 1. The average molecular weight is 402 g/mol. The summed E-state index contributed by atoms with van der Waals surface area (Å²) in [7, 11) is 0. The van der Waals surface area contributed by atoms with E-state index in [2.05, 4.69) is 99.3 Å². The van der Waals surface area contributed by atoms with Crippen LogP contribution in [0.3, 0.4) is 0 Å². The van der Waals surface area contributed by atoms with Gasteiger partial charge in [0.05, 0.1) is 0 Å². The Kier molecular flexibility index (Phi) is 6.84. The molecule has 0 radical (unpaired) electrons. The minimum atomic E-state index is 0.235. The average Bonchev–Trinajstić information content (AvgIpc) is 2.73. The van der Waals surface area contributed by atoms with E-state index in [0.717, 1.165) is 42.9 Å². The molecule has 0 spiro atoms. The van der Waals surface area contributed by atoms with Crippen molar-refractivity contribution in [3.8, 4) is 0 Å². The lowest BCUT2D eigenvalue weighted by Crippen LogP contribution is -2.42. The smallest absolute Gasteiger partial charge is 0.0387 e. The Hall–Kier alpha value is -2.78. The van der Waals surface area contributed by atoms with E-state index in [-0.39, 0.29) is 6.04 Å². The number of rotatable bonds is 5. The maximum atomic E-state index is 6.15. The largest absolute Gasteiger partial charge is 0.370 e. The fourth-order valence-corrected chi connectivity index (χ4v) is 4.05. The fourth-order valence-electron chi connectivity index (χ4n) is 4.05. The Morgan fingerprint density at radius 3 is 2.60 bits per heavy atom. The number of benzene rings is 1. The van der Waals surface area contributed by atoms with Gasteiger partial charge in [0.25, 0.3) is 0 Å². The molecule has 0 saturated carbocycles. The van der Waals surface area contributed by atoms with Crippen molar-refractivity contribution in [3.63, 3.8) is 0 Å². The van der Waals surface area contributed by atoms with E-state index in [0.29, 0.717) is 0 Å². The minimum Gasteiger partial charge on any atom is -0.370 e. The summed E-state index contributed by atoms with van der Waals surface area (Å²) < 4.78 is 0. The van der Waals surface area contributed by atoms with Crippen LogP contribution in [0.15, 0.2) is 89.6 Å². The summed E-state index contributed by atoms with van der Waals surface area (Å²) in [5, 5.41) is 0. The van der Waals surface area contributed by atoms with Crippen molar-refractivity contribution in [1.82, 2.24) is 9.80 Å². The van der Waals surface area contributed by atoms with Crippen LogP contribution in [-0.2, 0) is 0 Å². The van der Waals surface area contributed by atoms with Crippen molar-refractivity contribution in [2.24, 2.45) is 5.73 Å². The topological polar surface area (TPSA) is 32.5 Å². The molecular weight excluding hydrogens is 366 g/mol. The number of nitrogens with zero attached hydrogens (tertiary/aromatic N) is 2. The van der Waals surface area contributed by atoms with Crippen molar-refractivity contribution < 1.29 is 0 Å². The van der Waals surface area contributed by atoms with Gasteiger partial charge in [-0.3, -0.25) is 0 Å². The molecule has 0 bridgehead atoms. The quantitative estimate of drug-likeness (QED) is 0.624. The number of allylic oxidation sites excluding steroid dienone is 5. The summed E-state index contributed by atoms with van der Waals surface area (Å²) in [5.74, 6) is 0. The summed E-state index contributed by atoms with van der Waals surface area (Å²) in [5.41, 5.74) is 15.5. The van der Waals surface area contributed by atoms with Gasteiger partial charge in [0.1, 0.15) is 0 Å². The third-order valence-electron chi connectivity index (χ3n) is 6.26. The van der Waals surface area contributed by atoms with Crippen LogP contribution >= 0.6 is 0 Å². The maximum Gasteiger partial charge on any atom is 0.0387 e. The molecule has 2 aliphatic heterocycles. The van der Waals surface area contributed by atoms with Gasteiger partial charge >= 0.3 is 0 Å². The van der Waals surface area contributed by atoms with E-state index in [1.807, 2.05) is 0 Å². The lowest BCUT2D eigenvalue weighted by Gasteiger charge is -2.35. The molecule has 30 heavy (non-hydrogen) atoms. The molecule has 2 heterocycles. The zero-order valence-corrected chi connectivity index (χ0v) is 18.9. The van der Waals surface area contributed by atoms with Crippen LogP contribution in [0.2, 0.25) is 0 Å². The van der Waals surface area contributed by atoms with Crippen molar-refractivity contribution in [1.29, 1.82) is 0 Å². The van der Waals surface area contributed by atoms with Crippen LogP contribution in [0, 0.1) is 6.92 Å². The van der Waals surface area contributed by atoms with Gasteiger partial charge < -0.3 is 15.5 Å². The zero-order valence-electron chi connectivity index (χ0n) is 18.9. The van der Waals surface area contributed by atoms with Crippen molar-refractivity contribution in [2.75, 3.05) is 13.1 Å². The predicted molar refractivity (Wildman–Crippen MR) is 129 cm³/mol. The molecule has 0 aromatic heterocycles. The van der Waals surface area contributed by atoms with E-state index in [1.165, 1.54) is 28.0 Å². The Labute approximate surface area is 182 Å². The van der Waals surface area contributed by atoms with Gasteiger partial charge in [-0.2, -0.15) is 0 Å². The van der Waals surface area contributed by atoms with E-state index in [1.54, 1.807) is 0 Å². The molecule has 2 N–H and O–H groups in total. The number of piperidine rings is 1. The van der Waals surface area contributed by atoms with Crippen LogP contribution in [-0.4, -0.2) is 28.9 Å². The Bertz CT molecular complexity index is 958. The molecule has 3 rings (SSSR count). The second-order valence-electron chi connectivity index (χ2n) is 8.47. The van der Waals surface area contributed by atoms with Crippen LogP contribution in [0.25, 0.3) is 6.08 Å². The van der Waals surface area contributed by atoms with Crippen molar-refractivity contribution >= 4 is 6.08 Å². The predicted octanol–water partition coefficient (Wildman–Crippen LogP) is 5.90. The molecule has 1 fully saturated rings. The first-order valence-corrected chi connectivity index (χ1v) is 10.8. The zero-order chi connectivity index (χ0) is 21.8. The molecule has 3 heteroatoms. The molecule has 0 aliphatic carbocycles. The molecule has 1 aromatic rings. The fraction of sp³-hybridized carbons (Fsp3) is 0.333. The SMILES string of the molecule is C=C(C1=CC(=C)N(/C(C)=C(C)/C(C)=C/c2ccccc2C)C=C1)N1CCCC(N)C1. The van der Waals surface area contributed by atoms with E-state index < -0.39 is 0 Å². The monoisotopic (exact) mass is 401 g/mol. The Morgan fingerprint density at radius 2 is 1.93 bits per heavy atom. The Balaban J connectivity index is 1.77. The first kappa shape index (κ1) is 21.9. The number of likely N-dealkylation sites (tertiary alicyclic amines) is 1. The van der Waals surface area contributed by atoms with Gasteiger partial charge in [0.15, 0.2) is 0 Å². The van der Waals surface area contributed by atoms with Crippen LogP contribution in [0.5, 0.6) is 0 Å². The van der Waals surface area contributed by atoms with Gasteiger partial charge in [0.2, 0.25) is 0 Å². The number of aryl methyl sites for hydroxylation is 1. The molecule has 0 amide bonds. The number of hydrogen-bond acceptors (Lipinski definition) is 3. The molecule has 1 atom stereocenters. The molecule has 158 valence electrons. The van der Waals surface area contributed by atoms with Crippen LogP contribution < -0.4 is 5.73 Å². The molecule has 1 saturated heterocycles. The highest BCUT2D eigenvalue weighted by Gasteiger charge is 2.21. The lowest BCUT2D eigenvalue weighted by molar-refractivity contribution is 0.265. The van der Waals surface area contributed by atoms with E-state index >= 15 is 0 Å². The van der Waals surface area contributed by atoms with Gasteiger partial charge in [0, 0.05) is 48.0 Å². The summed E-state index contributed by atoms with van der Waals surface area (Å²) >= 11 is 0. The summed E-state index contributed by atoms with van der Waals surface area (Å²) in [6.45, 7) is 19.2. The van der Waals surface area contributed by atoms with E-state index in [4.69, 9.17) is 5.73 Å². The van der Waals surface area contributed by atoms with Gasteiger partial charge in [-0.05, 0) is 75.0 Å². The minimum absolute atomic E-state index is 0.235. The summed E-state index contributed by atoms with van der Waals surface area (Å²) in [4.78, 5) is 4.46. The standard InChI is InChI=1S/C27H35N3/c1-19-10-7-8-11-25(19)16-20(2)22(4)23(5)30-15-13-26(17-21(30)3)24(6)29-14-9-12-27(28)18-29/h7-8,10-11,13,15-17,27H,3,6,9,12,14,18,28H2,1-2,4-5H3/b20-16+,23-22+. The summed E-state index contributed by atoms with van der Waals surface area (Å²) in [6, 6.07) is 8.71. The van der Waals surface area contributed by atoms with Gasteiger partial charge in [-0.25, -0.2) is 0 Å². The molecule has 3 nitrogen and oxygen atoms in total. The summed E-state index contributed by atoms with van der Waals surface area (Å²) in [6.07, 6.45) is 10.8. The van der Waals surface area contributed by atoms with Crippen LogP contribution in [0.1, 0.15) is 44.7 Å². The molecule has 1 aromatic carbocycles. The van der Waals surface area contributed by atoms with Crippen molar-refractivity contribution in [2.45, 2.75) is 46.6 Å². The Morgan fingerprint density at radius 1 is 1.20 bits per heavy atom. The number of hydrogen-bond donors (Lipinski definition) is 1. The molecular formula is C27H35N3. The highest BCUT2D eigenvalue weighted by atomic mass is 15.2. The van der Waals surface area contributed by atoms with Gasteiger partial charge in [-0.1, -0.05) is 43.5 Å². The molecule has 1 unspecified atom stereocenters. The van der Waals surface area contributed by atoms with E-state index in [9.17, 15) is 0 Å². The normalized spacial score (nSPS) is 20.8. The first-order chi connectivity index (χ1) is 14.3. The second-order valence-corrected chi connectivity index (χ2v) is 8.47. The lowest BCUT2D eigenvalue weighted by atomic mass is 10.00. The molecule has 2 aliphatic rings. The van der Waals surface area contributed by atoms with Crippen molar-refractivity contribution in [3.05, 3.63) is 101 Å². The maximum absolute atomic E-state index is 6.15. The van der Waals surface area contributed by atoms with Crippen LogP contribution in [0.4, 0.5) is 0 Å². The highest BCUT2D eigenvalue weighted by molar-refractivity contribution is 5.61. The first-order valence-electron chi connectivity index (χ1n) is 10.8. The third kappa shape index (κ3) is 4.85. The highest BCUT2D eigenvalue weighted by Crippen LogP contribution is 2.29. The second kappa shape index (κ2) is 9.36. The van der Waals surface area contributed by atoms with Gasteiger partial charge in [-0.15, -0.1) is 0 Å². The third-order valence-corrected chi connectivity index (χ3v) is 6.26.